The summed E-state index contributed by atoms with van der Waals surface area (Å²) in [5.41, 5.74) is -2.26. The Morgan fingerprint density at radius 1 is 0.714 bits per heavy atom. The van der Waals surface area contributed by atoms with Gasteiger partial charge in [-0.3, -0.25) is 0 Å². The zero-order valence-electron chi connectivity index (χ0n) is 9.07. The molecule has 78 valence electrons. The predicted octanol–water partition coefficient (Wildman–Crippen LogP) is 3.38. The lowest BCUT2D eigenvalue weighted by molar-refractivity contribution is 1.76. The molecule has 4 heteroatoms. The summed E-state index contributed by atoms with van der Waals surface area (Å²) < 4.78 is 0. The summed E-state index contributed by atoms with van der Waals surface area (Å²) in [6.45, 7) is 9.54. The van der Waals surface area contributed by atoms with Gasteiger partial charge >= 0.3 is 0 Å². The van der Waals surface area contributed by atoms with Gasteiger partial charge in [0.1, 0.15) is 11.1 Å². The minimum Gasteiger partial charge on any atom is -0.113 e. The Hall–Kier alpha value is 1.11. The second kappa shape index (κ2) is 4.54. The Morgan fingerprint density at radius 3 is 1.07 bits per heavy atom. The van der Waals surface area contributed by atoms with Crippen molar-refractivity contribution in [2.45, 2.75) is 26.2 Å². The molecule has 1 aromatic carbocycles. The maximum atomic E-state index is 2.62. The molecule has 0 aliphatic heterocycles. The highest BCUT2D eigenvalue weighted by Crippen LogP contribution is 2.14. The van der Waals surface area contributed by atoms with Crippen molar-refractivity contribution in [1.82, 2.24) is 0 Å². The third kappa shape index (κ3) is 3.60. The molecule has 0 N–H and O–H groups in total. The van der Waals surface area contributed by atoms with Crippen molar-refractivity contribution in [3.8, 4) is 0 Å². The highest BCUT2D eigenvalue weighted by molar-refractivity contribution is 14.1. The first-order valence-electron chi connectivity index (χ1n) is 4.70. The first-order chi connectivity index (χ1) is 6.21. The summed E-state index contributed by atoms with van der Waals surface area (Å²) in [4.78, 5) is 0. The molecule has 0 aliphatic rings. The van der Waals surface area contributed by atoms with Crippen LogP contribution in [0.2, 0.25) is 26.2 Å². The van der Waals surface area contributed by atoms with Crippen LogP contribution in [0, 0.1) is 0 Å². The Labute approximate surface area is 114 Å². The van der Waals surface area contributed by atoms with Crippen LogP contribution in [0.4, 0.5) is 0 Å². The highest BCUT2D eigenvalue weighted by atomic mass is 127. The summed E-state index contributed by atoms with van der Waals surface area (Å²) in [5.74, 6) is 0. The molecule has 0 fully saturated rings. The minimum absolute atomic E-state index is 1.13. The summed E-state index contributed by atoms with van der Waals surface area (Å²) >= 11 is 5.25. The van der Waals surface area contributed by atoms with E-state index in [9.17, 15) is 0 Å². The molecule has 0 bridgehead atoms. The molecule has 14 heavy (non-hydrogen) atoms. The molecule has 1 aromatic rings. The zero-order valence-corrected chi connectivity index (χ0v) is 15.4. The molecular weight excluding hydrogens is 430 g/mol. The Balaban J connectivity index is 3.02. The van der Waals surface area contributed by atoms with E-state index in [1.165, 1.54) is 0 Å². The summed E-state index contributed by atoms with van der Waals surface area (Å²) in [7, 11) is 0. The minimum atomic E-state index is -1.13. The van der Waals surface area contributed by atoms with Crippen molar-refractivity contribution in [3.63, 3.8) is 0 Å². The summed E-state index contributed by atoms with van der Waals surface area (Å²) in [6.07, 6.45) is 0. The van der Waals surface area contributed by atoms with Crippen LogP contribution in [0.25, 0.3) is 0 Å². The van der Waals surface area contributed by atoms with Gasteiger partial charge in [0.15, 0.2) is 0 Å². The Kier molecular flexibility index (Phi) is 4.28. The van der Waals surface area contributed by atoms with Gasteiger partial charge in [0, 0.05) is 0 Å². The van der Waals surface area contributed by atoms with E-state index in [1.807, 2.05) is 0 Å². The van der Waals surface area contributed by atoms with Crippen LogP contribution >= 0.6 is 43.6 Å². The number of benzene rings is 1. The van der Waals surface area contributed by atoms with E-state index in [0.717, 1.165) is 0 Å². The van der Waals surface area contributed by atoms with Crippen molar-refractivity contribution in [2.75, 3.05) is 0 Å². The smallest absolute Gasteiger partial charge is 0.113 e. The van der Waals surface area contributed by atoms with Crippen molar-refractivity contribution in [1.29, 1.82) is 0 Å². The average molecular weight is 446 g/mol. The molecule has 0 amide bonds. The summed E-state index contributed by atoms with van der Waals surface area (Å²) in [5, 5.41) is 3.10. The van der Waals surface area contributed by atoms with Gasteiger partial charge in [-0.2, -0.15) is 0 Å². The van der Waals surface area contributed by atoms with Gasteiger partial charge in [0.25, 0.3) is 0 Å². The second-order valence-electron chi connectivity index (χ2n) is 4.52. The van der Waals surface area contributed by atoms with Crippen LogP contribution in [-0.4, -0.2) is 11.1 Å². The molecule has 0 atom stereocenters. The highest BCUT2D eigenvalue weighted by Gasteiger charge is 2.22. The molecule has 0 radical (unpaired) electrons. The van der Waals surface area contributed by atoms with E-state index >= 15 is 0 Å². The number of hydrogen-bond acceptors (Lipinski definition) is 0. The van der Waals surface area contributed by atoms with Gasteiger partial charge in [-0.15, -0.1) is 43.6 Å². The van der Waals surface area contributed by atoms with Crippen LogP contribution in [-0.2, 0) is 0 Å². The molecule has 0 spiro atoms. The van der Waals surface area contributed by atoms with Crippen LogP contribution in [0.1, 0.15) is 0 Å². The second-order valence-corrected chi connectivity index (χ2v) is 27.7. The molecule has 0 saturated heterocycles. The molecule has 1 rings (SSSR count). The lowest BCUT2D eigenvalue weighted by Crippen LogP contribution is -2.39. The third-order valence-electron chi connectivity index (χ3n) is 2.26. The van der Waals surface area contributed by atoms with Crippen LogP contribution in [0.5, 0.6) is 0 Å². The van der Waals surface area contributed by atoms with Crippen LogP contribution in [0.3, 0.4) is 0 Å². The van der Waals surface area contributed by atoms with Crippen LogP contribution in [0.15, 0.2) is 24.3 Å². The molecule has 0 nitrogen and oxygen atoms in total. The average Bonchev–Trinajstić information content (AvgIpc) is 2.01. The van der Waals surface area contributed by atoms with Gasteiger partial charge in [0.2, 0.25) is 0 Å². The maximum Gasteiger partial charge on any atom is 0.149 e. The van der Waals surface area contributed by atoms with Gasteiger partial charge in [-0.05, 0) is 10.4 Å². The van der Waals surface area contributed by atoms with E-state index < -0.39 is 11.1 Å². The lowest BCUT2D eigenvalue weighted by Gasteiger charge is -2.18. The number of hydrogen-bond donors (Lipinski definition) is 0. The first kappa shape index (κ1) is 13.2. The SMILES string of the molecule is C[Si](C)(I)c1ccc([Si](C)(C)I)cc1. The number of halogens is 2. The van der Waals surface area contributed by atoms with Gasteiger partial charge in [-0.25, -0.2) is 0 Å². The predicted molar refractivity (Wildman–Crippen MR) is 88.7 cm³/mol. The van der Waals surface area contributed by atoms with E-state index in [4.69, 9.17) is 0 Å². The summed E-state index contributed by atoms with van der Waals surface area (Å²) in [6, 6.07) is 9.34. The van der Waals surface area contributed by atoms with Crippen molar-refractivity contribution in [2.24, 2.45) is 0 Å². The normalized spacial score (nSPS) is 13.0. The lowest BCUT2D eigenvalue weighted by atomic mass is 10.4. The fourth-order valence-corrected chi connectivity index (χ4v) is 5.34. The first-order valence-corrected chi connectivity index (χ1v) is 16.9. The van der Waals surface area contributed by atoms with E-state index in [1.54, 1.807) is 10.4 Å². The van der Waals surface area contributed by atoms with E-state index in [2.05, 4.69) is 94.0 Å². The van der Waals surface area contributed by atoms with E-state index in [-0.39, 0.29) is 0 Å². The number of rotatable bonds is 2. The fraction of sp³-hybridized carbons (Fsp3) is 0.400. The molecular formula is C10H16I2Si2. The molecule has 0 heterocycles. The molecule has 0 saturated carbocycles. The molecule has 0 aromatic heterocycles. The molecule has 0 unspecified atom stereocenters. The van der Waals surface area contributed by atoms with Crippen molar-refractivity contribution >= 4 is 65.1 Å². The Morgan fingerprint density at radius 2 is 0.929 bits per heavy atom. The quantitative estimate of drug-likeness (QED) is 0.372. The fourth-order valence-electron chi connectivity index (χ4n) is 1.26. The monoisotopic (exact) mass is 446 g/mol. The maximum absolute atomic E-state index is 2.62. The zero-order chi connectivity index (χ0) is 11.0. The standard InChI is InChI=1S/C10H16I2Si2/c1-13(2,11)9-5-7-10(8-6-9)14(3,4)12/h5-8H,1-4H3. The molecule has 0 aliphatic carbocycles. The van der Waals surface area contributed by atoms with Gasteiger partial charge < -0.3 is 0 Å². The van der Waals surface area contributed by atoms with Crippen molar-refractivity contribution in [3.05, 3.63) is 24.3 Å². The van der Waals surface area contributed by atoms with Gasteiger partial charge in [-0.1, -0.05) is 50.5 Å². The van der Waals surface area contributed by atoms with E-state index in [0.29, 0.717) is 0 Å². The largest absolute Gasteiger partial charge is 0.149 e. The third-order valence-corrected chi connectivity index (χ3v) is 9.41. The van der Waals surface area contributed by atoms with Crippen molar-refractivity contribution < 1.29 is 0 Å². The Bertz CT molecular complexity index is 273. The topological polar surface area (TPSA) is 0 Å². The van der Waals surface area contributed by atoms with Crippen LogP contribution < -0.4 is 10.4 Å². The van der Waals surface area contributed by atoms with Gasteiger partial charge in [0.05, 0.1) is 0 Å².